The minimum atomic E-state index is -4.96. The maximum absolute atomic E-state index is 13.0. The summed E-state index contributed by atoms with van der Waals surface area (Å²) < 4.78 is 93.5. The van der Waals surface area contributed by atoms with Crippen LogP contribution in [0, 0.1) is 0 Å². The standard InChI is InChI=1S/C19H18F6N2O3S/c1-28-14-4-10(5-15(29-2)16(14)30-3)9-26-17(31)27-13-7-11(18(20,21)22)6-12(8-13)19(23,24)25/h4-8H,9H2,1-3H3,(H2,26,27,31). The normalized spacial score (nSPS) is 11.6. The molecule has 5 nitrogen and oxygen atoms in total. The number of rotatable bonds is 6. The molecule has 0 amide bonds. The Bertz CT molecular complexity index is 890. The van der Waals surface area contributed by atoms with Crippen molar-refractivity contribution in [3.63, 3.8) is 0 Å². The van der Waals surface area contributed by atoms with E-state index in [9.17, 15) is 26.3 Å². The third-order valence-electron chi connectivity index (χ3n) is 4.02. The van der Waals surface area contributed by atoms with Gasteiger partial charge in [-0.15, -0.1) is 0 Å². The zero-order valence-corrected chi connectivity index (χ0v) is 17.3. The minimum Gasteiger partial charge on any atom is -0.493 e. The molecule has 0 saturated carbocycles. The lowest BCUT2D eigenvalue weighted by Crippen LogP contribution is -2.28. The highest BCUT2D eigenvalue weighted by Crippen LogP contribution is 2.39. The summed E-state index contributed by atoms with van der Waals surface area (Å²) >= 11 is 5.01. The van der Waals surface area contributed by atoms with E-state index in [2.05, 4.69) is 10.6 Å². The zero-order valence-electron chi connectivity index (χ0n) is 16.5. The number of halogens is 6. The van der Waals surface area contributed by atoms with E-state index in [0.717, 1.165) is 0 Å². The molecule has 0 aliphatic heterocycles. The van der Waals surface area contributed by atoms with E-state index in [1.807, 2.05) is 0 Å². The van der Waals surface area contributed by atoms with Gasteiger partial charge in [-0.25, -0.2) is 0 Å². The Labute approximate surface area is 179 Å². The number of anilines is 1. The van der Waals surface area contributed by atoms with Crippen LogP contribution in [0.2, 0.25) is 0 Å². The van der Waals surface area contributed by atoms with Gasteiger partial charge < -0.3 is 24.8 Å². The van der Waals surface area contributed by atoms with Crippen LogP contribution in [0.1, 0.15) is 16.7 Å². The zero-order chi connectivity index (χ0) is 23.4. The van der Waals surface area contributed by atoms with Gasteiger partial charge >= 0.3 is 12.4 Å². The molecule has 0 atom stereocenters. The summed E-state index contributed by atoms with van der Waals surface area (Å²) in [7, 11) is 4.28. The number of hydrogen-bond acceptors (Lipinski definition) is 4. The SMILES string of the molecule is COc1cc(CNC(=S)Nc2cc(C(F)(F)F)cc(C(F)(F)F)c2)cc(OC)c1OC. The summed E-state index contributed by atoms with van der Waals surface area (Å²) in [4.78, 5) is 0. The number of ether oxygens (including phenoxy) is 3. The number of benzene rings is 2. The van der Waals surface area contributed by atoms with E-state index in [4.69, 9.17) is 26.4 Å². The molecule has 0 unspecified atom stereocenters. The molecule has 0 heterocycles. The van der Waals surface area contributed by atoms with Crippen LogP contribution in [0.25, 0.3) is 0 Å². The molecule has 0 bridgehead atoms. The van der Waals surface area contributed by atoms with Crippen LogP contribution in [0.4, 0.5) is 32.0 Å². The lowest BCUT2D eigenvalue weighted by atomic mass is 10.1. The van der Waals surface area contributed by atoms with Gasteiger partial charge in [0.15, 0.2) is 16.6 Å². The van der Waals surface area contributed by atoms with Gasteiger partial charge in [0.2, 0.25) is 5.75 Å². The van der Waals surface area contributed by atoms with Crippen LogP contribution >= 0.6 is 12.2 Å². The van der Waals surface area contributed by atoms with Crippen molar-refractivity contribution in [3.05, 3.63) is 47.0 Å². The van der Waals surface area contributed by atoms with Crippen molar-refractivity contribution >= 4 is 23.0 Å². The monoisotopic (exact) mass is 468 g/mol. The van der Waals surface area contributed by atoms with Crippen LogP contribution < -0.4 is 24.8 Å². The van der Waals surface area contributed by atoms with E-state index in [-0.39, 0.29) is 17.7 Å². The second kappa shape index (κ2) is 9.50. The van der Waals surface area contributed by atoms with Crippen LogP contribution in [0.5, 0.6) is 17.2 Å². The number of methoxy groups -OCH3 is 3. The van der Waals surface area contributed by atoms with Gasteiger partial charge in [0.25, 0.3) is 0 Å². The highest BCUT2D eigenvalue weighted by Gasteiger charge is 2.37. The summed E-state index contributed by atoms with van der Waals surface area (Å²) in [5, 5.41) is 4.88. The molecule has 2 N–H and O–H groups in total. The lowest BCUT2D eigenvalue weighted by Gasteiger charge is -2.17. The Hall–Kier alpha value is -2.89. The van der Waals surface area contributed by atoms with Crippen LogP contribution in [-0.2, 0) is 18.9 Å². The lowest BCUT2D eigenvalue weighted by molar-refractivity contribution is -0.143. The first-order chi connectivity index (χ1) is 14.4. The van der Waals surface area contributed by atoms with Gasteiger partial charge in [0.05, 0.1) is 32.5 Å². The maximum Gasteiger partial charge on any atom is 0.416 e. The molecule has 31 heavy (non-hydrogen) atoms. The molecule has 2 aromatic rings. The largest absolute Gasteiger partial charge is 0.493 e. The van der Waals surface area contributed by atoms with E-state index in [1.165, 1.54) is 21.3 Å². The third kappa shape index (κ3) is 6.29. The van der Waals surface area contributed by atoms with E-state index < -0.39 is 29.2 Å². The molecule has 0 aromatic heterocycles. The van der Waals surface area contributed by atoms with Gasteiger partial charge in [-0.05, 0) is 48.1 Å². The van der Waals surface area contributed by atoms with Gasteiger partial charge in [-0.2, -0.15) is 26.3 Å². The fourth-order valence-electron chi connectivity index (χ4n) is 2.62. The van der Waals surface area contributed by atoms with Gasteiger partial charge in [0, 0.05) is 12.2 Å². The Kier molecular flexibility index (Phi) is 7.47. The van der Waals surface area contributed by atoms with Gasteiger partial charge in [0.1, 0.15) is 0 Å². The molecule has 170 valence electrons. The van der Waals surface area contributed by atoms with Gasteiger partial charge in [-0.1, -0.05) is 0 Å². The quantitative estimate of drug-likeness (QED) is 0.447. The summed E-state index contributed by atoms with van der Waals surface area (Å²) in [6, 6.07) is 4.36. The molecule has 0 fully saturated rings. The highest BCUT2D eigenvalue weighted by atomic mass is 32.1. The Morgan fingerprint density at radius 1 is 0.806 bits per heavy atom. The fourth-order valence-corrected chi connectivity index (χ4v) is 2.81. The Morgan fingerprint density at radius 3 is 1.68 bits per heavy atom. The Balaban J connectivity index is 2.20. The van der Waals surface area contributed by atoms with E-state index in [0.29, 0.717) is 34.9 Å². The smallest absolute Gasteiger partial charge is 0.416 e. The van der Waals surface area contributed by atoms with Crippen molar-refractivity contribution in [2.24, 2.45) is 0 Å². The molecule has 0 spiro atoms. The van der Waals surface area contributed by atoms with Crippen molar-refractivity contribution in [1.29, 1.82) is 0 Å². The number of hydrogen-bond donors (Lipinski definition) is 2. The second-order valence-corrected chi connectivity index (χ2v) is 6.54. The second-order valence-electron chi connectivity index (χ2n) is 6.14. The van der Waals surface area contributed by atoms with Crippen LogP contribution in [0.15, 0.2) is 30.3 Å². The van der Waals surface area contributed by atoms with E-state index in [1.54, 1.807) is 12.1 Å². The van der Waals surface area contributed by atoms with Crippen LogP contribution in [0.3, 0.4) is 0 Å². The summed E-state index contributed by atoms with van der Waals surface area (Å²) in [6.07, 6.45) is -9.91. The fraction of sp³-hybridized carbons (Fsp3) is 0.316. The molecule has 2 aromatic carbocycles. The minimum absolute atomic E-state index is 0.0393. The van der Waals surface area contributed by atoms with Crippen molar-refractivity contribution in [3.8, 4) is 17.2 Å². The molecule has 2 rings (SSSR count). The predicted octanol–water partition coefficient (Wildman–Crippen LogP) is 5.24. The van der Waals surface area contributed by atoms with E-state index >= 15 is 0 Å². The topological polar surface area (TPSA) is 51.8 Å². The molecular weight excluding hydrogens is 450 g/mol. The molecule has 0 saturated heterocycles. The number of nitrogens with one attached hydrogen (secondary N) is 2. The van der Waals surface area contributed by atoms with Crippen molar-refractivity contribution in [2.75, 3.05) is 26.6 Å². The van der Waals surface area contributed by atoms with Crippen molar-refractivity contribution in [1.82, 2.24) is 5.32 Å². The van der Waals surface area contributed by atoms with Crippen molar-refractivity contribution < 1.29 is 40.6 Å². The average molecular weight is 468 g/mol. The third-order valence-corrected chi connectivity index (χ3v) is 4.27. The average Bonchev–Trinajstić information content (AvgIpc) is 2.69. The van der Waals surface area contributed by atoms with Crippen molar-refractivity contribution in [2.45, 2.75) is 18.9 Å². The first kappa shape index (κ1) is 24.4. The molecular formula is C19H18F6N2O3S. The molecule has 0 aliphatic carbocycles. The molecule has 0 radical (unpaired) electrons. The first-order valence-corrected chi connectivity index (χ1v) is 8.93. The van der Waals surface area contributed by atoms with Gasteiger partial charge in [-0.3, -0.25) is 0 Å². The number of thiocarbonyl (C=S) groups is 1. The molecule has 0 aliphatic rings. The Morgan fingerprint density at radius 2 is 1.29 bits per heavy atom. The first-order valence-electron chi connectivity index (χ1n) is 8.52. The summed E-state index contributed by atoms with van der Waals surface area (Å²) in [5.41, 5.74) is -2.74. The summed E-state index contributed by atoms with van der Waals surface area (Å²) in [6.45, 7) is 0.0770. The predicted molar refractivity (Wildman–Crippen MR) is 106 cm³/mol. The number of alkyl halides is 6. The molecule has 12 heteroatoms. The summed E-state index contributed by atoms with van der Waals surface area (Å²) in [5.74, 6) is 1.09. The maximum atomic E-state index is 13.0. The highest BCUT2D eigenvalue weighted by molar-refractivity contribution is 7.80. The van der Waals surface area contributed by atoms with Crippen LogP contribution in [-0.4, -0.2) is 26.4 Å².